The zero-order valence-electron chi connectivity index (χ0n) is 27.1. The number of para-hydroxylation sites is 1. The Labute approximate surface area is 261 Å². The van der Waals surface area contributed by atoms with Gasteiger partial charge in [0, 0.05) is 41.6 Å². The van der Waals surface area contributed by atoms with Crippen molar-refractivity contribution in [3.8, 4) is 0 Å². The number of unbranched alkanes of at least 4 members (excludes halogenated alkanes) is 2. The lowest BCUT2D eigenvalue weighted by Gasteiger charge is -2.18. The smallest absolute Gasteiger partial charge is 0.211 e. The fourth-order valence-corrected chi connectivity index (χ4v) is 3.60. The summed E-state index contributed by atoms with van der Waals surface area (Å²) in [6.45, 7) is 17.5. The Morgan fingerprint density at radius 3 is 1.86 bits per heavy atom. The Morgan fingerprint density at radius 1 is 0.833 bits per heavy atom. The SMILES string of the molecule is CC.CCCC.CCCC.Cc1ccc(C(=N)N2CCCC2)cc1.O=CNc1ccccc1CNc1ccc(Cl)cc1. The zero-order valence-corrected chi connectivity index (χ0v) is 27.9. The predicted molar refractivity (Wildman–Crippen MR) is 186 cm³/mol. The summed E-state index contributed by atoms with van der Waals surface area (Å²) >= 11 is 5.82. The molecule has 3 N–H and O–H groups in total. The van der Waals surface area contributed by atoms with Gasteiger partial charge in [-0.1, -0.05) is 127 Å². The highest BCUT2D eigenvalue weighted by atomic mass is 35.5. The summed E-state index contributed by atoms with van der Waals surface area (Å²) in [4.78, 5) is 12.6. The first-order valence-electron chi connectivity index (χ1n) is 15.6. The van der Waals surface area contributed by atoms with Crippen LogP contribution in [0, 0.1) is 12.3 Å². The molecule has 42 heavy (non-hydrogen) atoms. The number of carbonyl (C=O) groups excluding carboxylic acids is 1. The van der Waals surface area contributed by atoms with E-state index in [1.165, 1.54) is 44.1 Å². The van der Waals surface area contributed by atoms with Gasteiger partial charge in [0.05, 0.1) is 0 Å². The second-order valence-corrected chi connectivity index (χ2v) is 10.1. The van der Waals surface area contributed by atoms with Gasteiger partial charge in [0.25, 0.3) is 0 Å². The van der Waals surface area contributed by atoms with Crippen LogP contribution in [0.1, 0.15) is 96.8 Å². The highest BCUT2D eigenvalue weighted by molar-refractivity contribution is 6.30. The van der Waals surface area contributed by atoms with Crippen molar-refractivity contribution in [1.29, 1.82) is 5.41 Å². The van der Waals surface area contributed by atoms with Crippen LogP contribution in [-0.4, -0.2) is 30.2 Å². The van der Waals surface area contributed by atoms with E-state index in [0.717, 1.165) is 35.6 Å². The van der Waals surface area contributed by atoms with Crippen LogP contribution in [0.4, 0.5) is 11.4 Å². The van der Waals surface area contributed by atoms with Gasteiger partial charge in [-0.2, -0.15) is 0 Å². The van der Waals surface area contributed by atoms with Gasteiger partial charge < -0.3 is 15.5 Å². The van der Waals surface area contributed by atoms with E-state index in [9.17, 15) is 4.79 Å². The average Bonchev–Trinajstić information content (AvgIpc) is 3.58. The van der Waals surface area contributed by atoms with Crippen molar-refractivity contribution >= 4 is 35.2 Å². The molecule has 3 aromatic carbocycles. The van der Waals surface area contributed by atoms with Crippen molar-refractivity contribution in [1.82, 2.24) is 4.90 Å². The Hall–Kier alpha value is -3.31. The first kappa shape index (κ1) is 38.7. The van der Waals surface area contributed by atoms with E-state index >= 15 is 0 Å². The summed E-state index contributed by atoms with van der Waals surface area (Å²) in [5.41, 5.74) is 5.12. The zero-order chi connectivity index (χ0) is 31.6. The summed E-state index contributed by atoms with van der Waals surface area (Å²) in [7, 11) is 0. The van der Waals surface area contributed by atoms with E-state index in [2.05, 4.69) is 62.3 Å². The van der Waals surface area contributed by atoms with Crippen LogP contribution in [0.3, 0.4) is 0 Å². The number of amides is 1. The molecule has 1 aliphatic rings. The van der Waals surface area contributed by atoms with Crippen molar-refractivity contribution in [3.05, 3.63) is 94.5 Å². The molecule has 1 heterocycles. The van der Waals surface area contributed by atoms with Crippen LogP contribution in [0.25, 0.3) is 0 Å². The van der Waals surface area contributed by atoms with Crippen LogP contribution in [0.2, 0.25) is 5.02 Å². The summed E-state index contributed by atoms with van der Waals surface area (Å²) in [5, 5.41) is 14.7. The summed E-state index contributed by atoms with van der Waals surface area (Å²) < 4.78 is 0. The average molecular weight is 595 g/mol. The number of rotatable bonds is 8. The molecule has 1 aliphatic heterocycles. The molecule has 0 aromatic heterocycles. The number of carbonyl (C=O) groups is 1. The van der Waals surface area contributed by atoms with E-state index in [-0.39, 0.29) is 0 Å². The number of aryl methyl sites for hydroxylation is 1. The molecule has 5 nitrogen and oxygen atoms in total. The minimum Gasteiger partial charge on any atom is -0.381 e. The normalized spacial score (nSPS) is 11.1. The number of hydrogen-bond donors (Lipinski definition) is 3. The molecule has 4 rings (SSSR count). The predicted octanol–water partition coefficient (Wildman–Crippen LogP) is 10.6. The number of anilines is 2. The van der Waals surface area contributed by atoms with Crippen LogP contribution in [0.5, 0.6) is 0 Å². The lowest BCUT2D eigenvalue weighted by Crippen LogP contribution is -2.27. The molecule has 0 unspecified atom stereocenters. The maximum Gasteiger partial charge on any atom is 0.211 e. The van der Waals surface area contributed by atoms with Gasteiger partial charge in [0.15, 0.2) is 0 Å². The standard InChI is InChI=1S/C14H13ClN2O.C12H16N2.2C4H10.C2H6/c15-12-5-7-13(8-6-12)16-9-11-3-1-2-4-14(11)17-10-18;1-10-4-6-11(7-5-10)12(13)14-8-2-3-9-14;2*1-3-4-2;1-2/h1-8,10,16H,9H2,(H,17,18);4-7,13H,2-3,8-9H2,1H3;2*3-4H2,1-2H3;1-2H3. The molecule has 0 atom stereocenters. The Balaban J connectivity index is 0.000000619. The molecule has 3 aromatic rings. The minimum atomic E-state index is 0.638. The third kappa shape index (κ3) is 16.8. The number of amidine groups is 1. The molecule has 6 heteroatoms. The van der Waals surface area contributed by atoms with Gasteiger partial charge in [0.1, 0.15) is 5.84 Å². The number of benzene rings is 3. The van der Waals surface area contributed by atoms with E-state index < -0.39 is 0 Å². The number of nitrogens with zero attached hydrogens (tertiary/aromatic N) is 1. The Morgan fingerprint density at radius 2 is 1.36 bits per heavy atom. The van der Waals surface area contributed by atoms with Crippen LogP contribution in [0.15, 0.2) is 72.8 Å². The van der Waals surface area contributed by atoms with Crippen LogP contribution >= 0.6 is 11.6 Å². The van der Waals surface area contributed by atoms with Gasteiger partial charge in [-0.3, -0.25) is 10.2 Å². The Bertz CT molecular complexity index is 1070. The van der Waals surface area contributed by atoms with Gasteiger partial charge in [0.2, 0.25) is 6.41 Å². The molecule has 1 fully saturated rings. The van der Waals surface area contributed by atoms with Gasteiger partial charge in [-0.25, -0.2) is 0 Å². The number of hydrogen-bond acceptors (Lipinski definition) is 3. The molecule has 0 bridgehead atoms. The lowest BCUT2D eigenvalue weighted by molar-refractivity contribution is -0.105. The summed E-state index contributed by atoms with van der Waals surface area (Å²) in [6.07, 6.45) is 8.42. The topological polar surface area (TPSA) is 68.2 Å². The monoisotopic (exact) mass is 594 g/mol. The molecule has 232 valence electrons. The molecule has 1 saturated heterocycles. The first-order chi connectivity index (χ1) is 20.4. The number of likely N-dealkylation sites (tertiary alicyclic amines) is 1. The van der Waals surface area contributed by atoms with Crippen molar-refractivity contribution < 1.29 is 4.79 Å². The van der Waals surface area contributed by atoms with E-state index in [1.54, 1.807) is 0 Å². The fourth-order valence-electron chi connectivity index (χ4n) is 3.48. The number of halogens is 1. The summed E-state index contributed by atoms with van der Waals surface area (Å²) in [5.74, 6) is 0.683. The van der Waals surface area contributed by atoms with Crippen molar-refractivity contribution in [3.63, 3.8) is 0 Å². The fraction of sp³-hybridized carbons (Fsp3) is 0.444. The van der Waals surface area contributed by atoms with Gasteiger partial charge in [-0.05, 0) is 55.7 Å². The molecule has 0 aliphatic carbocycles. The van der Waals surface area contributed by atoms with Crippen LogP contribution in [-0.2, 0) is 11.3 Å². The van der Waals surface area contributed by atoms with Crippen LogP contribution < -0.4 is 10.6 Å². The highest BCUT2D eigenvalue weighted by Gasteiger charge is 2.15. The lowest BCUT2D eigenvalue weighted by atomic mass is 10.1. The second kappa shape index (κ2) is 25.4. The molecule has 1 amide bonds. The van der Waals surface area contributed by atoms with E-state index in [0.29, 0.717) is 23.8 Å². The largest absolute Gasteiger partial charge is 0.381 e. The van der Waals surface area contributed by atoms with Crippen molar-refractivity contribution in [2.75, 3.05) is 23.7 Å². The molecular formula is C36H55ClN4O. The Kier molecular flexibility index (Phi) is 23.4. The minimum absolute atomic E-state index is 0.638. The van der Waals surface area contributed by atoms with Gasteiger partial charge in [-0.15, -0.1) is 0 Å². The quantitative estimate of drug-likeness (QED) is 0.138. The van der Waals surface area contributed by atoms with Crippen molar-refractivity contribution in [2.24, 2.45) is 0 Å². The third-order valence-corrected chi connectivity index (χ3v) is 6.56. The highest BCUT2D eigenvalue weighted by Crippen LogP contribution is 2.18. The molecule has 0 radical (unpaired) electrons. The van der Waals surface area contributed by atoms with Crippen molar-refractivity contribution in [2.45, 2.75) is 93.5 Å². The van der Waals surface area contributed by atoms with Gasteiger partial charge >= 0.3 is 0 Å². The molecule has 0 saturated carbocycles. The summed E-state index contributed by atoms with van der Waals surface area (Å²) in [6, 6.07) is 23.4. The van der Waals surface area contributed by atoms with E-state index in [1.807, 2.05) is 74.5 Å². The third-order valence-electron chi connectivity index (χ3n) is 6.31. The first-order valence-corrected chi connectivity index (χ1v) is 16.0. The second-order valence-electron chi connectivity index (χ2n) is 9.69. The molecular weight excluding hydrogens is 540 g/mol. The maximum absolute atomic E-state index is 10.5. The molecule has 0 spiro atoms. The van der Waals surface area contributed by atoms with E-state index in [4.69, 9.17) is 17.0 Å². The number of nitrogens with one attached hydrogen (secondary N) is 3. The maximum atomic E-state index is 10.5.